The molecule has 0 spiro atoms. The van der Waals surface area contributed by atoms with E-state index in [0.717, 1.165) is 12.4 Å². The molecule has 0 aliphatic heterocycles. The van der Waals surface area contributed by atoms with E-state index in [9.17, 15) is 0 Å². The van der Waals surface area contributed by atoms with Crippen LogP contribution in [0.2, 0.25) is 0 Å². The maximum Gasteiger partial charge on any atom is 0.145 e. The lowest BCUT2D eigenvalue weighted by molar-refractivity contribution is 0.417. The van der Waals surface area contributed by atoms with E-state index in [1.807, 2.05) is 18.0 Å². The van der Waals surface area contributed by atoms with Crippen LogP contribution in [-0.4, -0.2) is 23.6 Å². The minimum Gasteiger partial charge on any atom is -0.359 e. The highest BCUT2D eigenvalue weighted by Crippen LogP contribution is 2.18. The van der Waals surface area contributed by atoms with Crippen molar-refractivity contribution >= 4 is 5.82 Å². The molecule has 15 heavy (non-hydrogen) atoms. The fraction of sp³-hybridized carbons (Fsp3) is 0.545. The first-order valence-electron chi connectivity index (χ1n) is 4.86. The molecule has 1 aromatic heterocycles. The largest absolute Gasteiger partial charge is 0.359 e. The fourth-order valence-corrected chi connectivity index (χ4v) is 1.41. The van der Waals surface area contributed by atoms with E-state index in [1.54, 1.807) is 6.07 Å². The molecule has 0 aliphatic carbocycles. The SMILES string of the molecule is CN(CC(C)(C)C)c1cc(C#N)ncn1. The summed E-state index contributed by atoms with van der Waals surface area (Å²) in [6.45, 7) is 7.37. The summed E-state index contributed by atoms with van der Waals surface area (Å²) in [6, 6.07) is 3.71. The van der Waals surface area contributed by atoms with Gasteiger partial charge in [0.15, 0.2) is 0 Å². The van der Waals surface area contributed by atoms with Crippen molar-refractivity contribution in [3.05, 3.63) is 18.1 Å². The van der Waals surface area contributed by atoms with Crippen LogP contribution in [0.1, 0.15) is 26.5 Å². The Morgan fingerprint density at radius 3 is 2.60 bits per heavy atom. The predicted molar refractivity (Wildman–Crippen MR) is 59.5 cm³/mol. The first-order valence-corrected chi connectivity index (χ1v) is 4.86. The first kappa shape index (κ1) is 11.4. The first-order chi connectivity index (χ1) is 6.92. The molecule has 0 bridgehead atoms. The molecule has 4 nitrogen and oxygen atoms in total. The van der Waals surface area contributed by atoms with Crippen LogP contribution in [0, 0.1) is 16.7 Å². The standard InChI is InChI=1S/C11H16N4/c1-11(2,3)7-15(4)10-5-9(6-12)13-8-14-10/h5,8H,7H2,1-4H3. The lowest BCUT2D eigenvalue weighted by Gasteiger charge is -2.27. The van der Waals surface area contributed by atoms with Crippen LogP contribution >= 0.6 is 0 Å². The predicted octanol–water partition coefficient (Wildman–Crippen LogP) is 1.83. The number of nitriles is 1. The van der Waals surface area contributed by atoms with Crippen molar-refractivity contribution in [2.24, 2.45) is 5.41 Å². The van der Waals surface area contributed by atoms with Gasteiger partial charge in [-0.1, -0.05) is 20.8 Å². The molecule has 0 atom stereocenters. The molecule has 0 aliphatic rings. The highest BCUT2D eigenvalue weighted by atomic mass is 15.2. The van der Waals surface area contributed by atoms with Crippen LogP contribution in [0.5, 0.6) is 0 Å². The summed E-state index contributed by atoms with van der Waals surface area (Å²) in [7, 11) is 1.97. The summed E-state index contributed by atoms with van der Waals surface area (Å²) >= 11 is 0. The van der Waals surface area contributed by atoms with Crippen molar-refractivity contribution in [1.29, 1.82) is 5.26 Å². The third-order valence-electron chi connectivity index (χ3n) is 1.87. The van der Waals surface area contributed by atoms with Gasteiger partial charge in [0.2, 0.25) is 0 Å². The number of hydrogen-bond donors (Lipinski definition) is 0. The Morgan fingerprint density at radius 1 is 1.40 bits per heavy atom. The zero-order chi connectivity index (χ0) is 11.5. The molecule has 0 unspecified atom stereocenters. The van der Waals surface area contributed by atoms with E-state index in [0.29, 0.717) is 5.69 Å². The van der Waals surface area contributed by atoms with Gasteiger partial charge < -0.3 is 4.90 Å². The Labute approximate surface area is 90.6 Å². The topological polar surface area (TPSA) is 52.8 Å². The van der Waals surface area contributed by atoms with Gasteiger partial charge in [-0.3, -0.25) is 0 Å². The third-order valence-corrected chi connectivity index (χ3v) is 1.87. The van der Waals surface area contributed by atoms with Gasteiger partial charge in [-0.25, -0.2) is 9.97 Å². The van der Waals surface area contributed by atoms with Gasteiger partial charge in [0.05, 0.1) is 0 Å². The fourth-order valence-electron chi connectivity index (χ4n) is 1.41. The Morgan fingerprint density at radius 2 is 2.07 bits per heavy atom. The van der Waals surface area contributed by atoms with Crippen molar-refractivity contribution in [1.82, 2.24) is 9.97 Å². The average Bonchev–Trinajstić information content (AvgIpc) is 2.15. The number of aromatic nitrogens is 2. The molecule has 1 rings (SSSR count). The van der Waals surface area contributed by atoms with Gasteiger partial charge in [0, 0.05) is 19.7 Å². The van der Waals surface area contributed by atoms with Crippen molar-refractivity contribution < 1.29 is 0 Å². The van der Waals surface area contributed by atoms with Crippen LogP contribution in [0.25, 0.3) is 0 Å². The normalized spacial score (nSPS) is 10.9. The maximum absolute atomic E-state index is 8.72. The Balaban J connectivity index is 2.83. The Hall–Kier alpha value is -1.63. The van der Waals surface area contributed by atoms with Crippen LogP contribution < -0.4 is 4.90 Å². The van der Waals surface area contributed by atoms with Gasteiger partial charge in [-0.15, -0.1) is 0 Å². The number of anilines is 1. The van der Waals surface area contributed by atoms with Gasteiger partial charge in [0.25, 0.3) is 0 Å². The quantitative estimate of drug-likeness (QED) is 0.737. The Bertz CT molecular complexity index is 373. The van der Waals surface area contributed by atoms with Crippen LogP contribution in [0.15, 0.2) is 12.4 Å². The van der Waals surface area contributed by atoms with E-state index >= 15 is 0 Å². The van der Waals surface area contributed by atoms with E-state index in [2.05, 4.69) is 30.7 Å². The molecule has 0 N–H and O–H groups in total. The highest BCUT2D eigenvalue weighted by molar-refractivity contribution is 5.41. The van der Waals surface area contributed by atoms with E-state index in [4.69, 9.17) is 5.26 Å². The second-order valence-corrected chi connectivity index (χ2v) is 4.79. The van der Waals surface area contributed by atoms with Gasteiger partial charge in [0.1, 0.15) is 23.9 Å². The van der Waals surface area contributed by atoms with Gasteiger partial charge >= 0.3 is 0 Å². The molecular formula is C11H16N4. The van der Waals surface area contributed by atoms with Crippen molar-refractivity contribution in [2.45, 2.75) is 20.8 Å². The minimum absolute atomic E-state index is 0.201. The van der Waals surface area contributed by atoms with Crippen molar-refractivity contribution in [3.63, 3.8) is 0 Å². The molecule has 0 fully saturated rings. The molecule has 1 aromatic rings. The molecule has 1 heterocycles. The zero-order valence-corrected chi connectivity index (χ0v) is 9.65. The summed E-state index contributed by atoms with van der Waals surface area (Å²) < 4.78 is 0. The van der Waals surface area contributed by atoms with E-state index < -0.39 is 0 Å². The molecular weight excluding hydrogens is 188 g/mol. The lowest BCUT2D eigenvalue weighted by Crippen LogP contribution is -2.29. The van der Waals surface area contributed by atoms with Crippen molar-refractivity contribution in [2.75, 3.05) is 18.5 Å². The minimum atomic E-state index is 0.201. The summed E-state index contributed by atoms with van der Waals surface area (Å²) in [6.07, 6.45) is 1.42. The summed E-state index contributed by atoms with van der Waals surface area (Å²) in [4.78, 5) is 10.0. The van der Waals surface area contributed by atoms with Crippen LogP contribution in [-0.2, 0) is 0 Å². The van der Waals surface area contributed by atoms with Crippen LogP contribution in [0.3, 0.4) is 0 Å². The van der Waals surface area contributed by atoms with Crippen molar-refractivity contribution in [3.8, 4) is 6.07 Å². The smallest absolute Gasteiger partial charge is 0.145 e. The average molecular weight is 204 g/mol. The zero-order valence-electron chi connectivity index (χ0n) is 9.65. The lowest BCUT2D eigenvalue weighted by atomic mass is 9.96. The van der Waals surface area contributed by atoms with Gasteiger partial charge in [-0.2, -0.15) is 5.26 Å². The Kier molecular flexibility index (Phi) is 3.25. The maximum atomic E-state index is 8.72. The number of nitrogens with zero attached hydrogens (tertiary/aromatic N) is 4. The highest BCUT2D eigenvalue weighted by Gasteiger charge is 2.14. The molecule has 0 radical (unpaired) electrons. The van der Waals surface area contributed by atoms with Gasteiger partial charge in [-0.05, 0) is 5.41 Å². The van der Waals surface area contributed by atoms with Crippen LogP contribution in [0.4, 0.5) is 5.82 Å². The summed E-state index contributed by atoms with van der Waals surface area (Å²) in [5.41, 5.74) is 0.604. The second kappa shape index (κ2) is 4.26. The molecule has 4 heteroatoms. The second-order valence-electron chi connectivity index (χ2n) is 4.79. The third kappa shape index (κ3) is 3.55. The summed E-state index contributed by atoms with van der Waals surface area (Å²) in [5, 5.41) is 8.72. The molecule has 0 aromatic carbocycles. The number of rotatable bonds is 2. The van der Waals surface area contributed by atoms with E-state index in [1.165, 1.54) is 6.33 Å². The summed E-state index contributed by atoms with van der Waals surface area (Å²) in [5.74, 6) is 0.788. The monoisotopic (exact) mass is 204 g/mol. The molecule has 0 amide bonds. The number of hydrogen-bond acceptors (Lipinski definition) is 4. The molecule has 80 valence electrons. The molecule has 0 saturated heterocycles. The molecule has 0 saturated carbocycles. The van der Waals surface area contributed by atoms with E-state index in [-0.39, 0.29) is 5.41 Å².